The summed E-state index contributed by atoms with van der Waals surface area (Å²) in [5.74, 6) is 1.10. The summed E-state index contributed by atoms with van der Waals surface area (Å²) in [6.07, 6.45) is 35.6. The van der Waals surface area contributed by atoms with Crippen molar-refractivity contribution in [3.05, 3.63) is 189 Å². The lowest BCUT2D eigenvalue weighted by Crippen LogP contribution is -2.38. The van der Waals surface area contributed by atoms with Crippen molar-refractivity contribution >= 4 is 12.2 Å². The Morgan fingerprint density at radius 3 is 2.59 bits per heavy atom. The standard InChI is InChI=1S/C47H44O2/c1-4-25-46(48,39-22-19-34-16-15-30-9-6-10-31-17-20-37(39)43(34)41(30)31)35-13-8-14-36(29-35)47(49,26-5-2)40-24-28-45(3)27-23-33-12-7-11-32-18-21-38(40)44(45)42(32)33/h4-10,12-17,19-20,22-24,27,29-30,32,41,48-49H,1-2,11,18,21,25-26,28H2,3H3. The molecule has 6 atom stereocenters. The second kappa shape index (κ2) is 11.0. The molecule has 0 aromatic heterocycles. The van der Waals surface area contributed by atoms with Gasteiger partial charge < -0.3 is 10.2 Å². The van der Waals surface area contributed by atoms with Gasteiger partial charge in [-0.25, -0.2) is 0 Å². The minimum atomic E-state index is -1.34. The molecule has 0 radical (unpaired) electrons. The molecule has 2 nitrogen and oxygen atoms in total. The van der Waals surface area contributed by atoms with Crippen LogP contribution in [0.3, 0.4) is 0 Å². The number of hydrogen-bond donors (Lipinski definition) is 2. The zero-order valence-electron chi connectivity index (χ0n) is 28.3. The average Bonchev–Trinajstić information content (AvgIpc) is 3.13. The maximum absolute atomic E-state index is 13.0. The van der Waals surface area contributed by atoms with Crippen LogP contribution in [0, 0.1) is 17.3 Å². The van der Waals surface area contributed by atoms with Crippen LogP contribution >= 0.6 is 0 Å². The van der Waals surface area contributed by atoms with Crippen molar-refractivity contribution in [1.82, 2.24) is 0 Å². The molecule has 0 amide bonds. The van der Waals surface area contributed by atoms with Gasteiger partial charge in [0.2, 0.25) is 0 Å². The number of benzene rings is 2. The van der Waals surface area contributed by atoms with E-state index in [0.717, 1.165) is 53.5 Å². The van der Waals surface area contributed by atoms with Crippen molar-refractivity contribution in [2.24, 2.45) is 17.3 Å². The first-order valence-corrected chi connectivity index (χ1v) is 18.0. The SMILES string of the molecule is C=CCC(O)(C1=CCC2(C)C=CC3=C4C2=C1CCC4CC=C3)c1cccc(C(O)(CC=C)c2ccc3c4c2C=CC2=CC=CC(C=C3)C24)c1. The minimum Gasteiger partial charge on any atom is -0.380 e. The summed E-state index contributed by atoms with van der Waals surface area (Å²) in [6.45, 7) is 10.6. The highest BCUT2D eigenvalue weighted by molar-refractivity contribution is 5.77. The van der Waals surface area contributed by atoms with Crippen LogP contribution in [0.1, 0.15) is 84.7 Å². The summed E-state index contributed by atoms with van der Waals surface area (Å²) in [6, 6.07) is 12.3. The third-order valence-corrected chi connectivity index (χ3v) is 12.5. The first kappa shape index (κ1) is 30.6. The number of hydrogen-bond acceptors (Lipinski definition) is 2. The van der Waals surface area contributed by atoms with Gasteiger partial charge in [-0.3, -0.25) is 0 Å². The highest BCUT2D eigenvalue weighted by Crippen LogP contribution is 2.59. The lowest BCUT2D eigenvalue weighted by atomic mass is 9.57. The van der Waals surface area contributed by atoms with Gasteiger partial charge in [-0.1, -0.05) is 122 Å². The first-order chi connectivity index (χ1) is 23.8. The average molecular weight is 641 g/mol. The molecular formula is C47H44O2. The third-order valence-electron chi connectivity index (χ3n) is 12.5. The van der Waals surface area contributed by atoms with Crippen LogP contribution < -0.4 is 0 Å². The molecule has 2 aromatic rings. The summed E-state index contributed by atoms with van der Waals surface area (Å²) in [5.41, 5.74) is 11.2. The highest BCUT2D eigenvalue weighted by atomic mass is 16.3. The van der Waals surface area contributed by atoms with Gasteiger partial charge in [-0.15, -0.1) is 13.2 Å². The zero-order chi connectivity index (χ0) is 33.5. The van der Waals surface area contributed by atoms with E-state index in [1.54, 1.807) is 0 Å². The molecule has 7 aliphatic carbocycles. The molecule has 2 N–H and O–H groups in total. The maximum Gasteiger partial charge on any atom is 0.119 e. The van der Waals surface area contributed by atoms with Gasteiger partial charge in [0.1, 0.15) is 11.2 Å². The van der Waals surface area contributed by atoms with E-state index in [9.17, 15) is 10.2 Å². The molecule has 0 bridgehead atoms. The Morgan fingerprint density at radius 1 is 0.939 bits per heavy atom. The molecule has 9 rings (SSSR count). The van der Waals surface area contributed by atoms with Crippen LogP contribution in [0.25, 0.3) is 12.2 Å². The Kier molecular flexibility index (Phi) is 6.86. The Morgan fingerprint density at radius 2 is 1.76 bits per heavy atom. The molecule has 0 spiro atoms. The van der Waals surface area contributed by atoms with Crippen LogP contribution in [0.5, 0.6) is 0 Å². The number of allylic oxidation sites excluding steroid dienone is 14. The van der Waals surface area contributed by atoms with Gasteiger partial charge in [0.15, 0.2) is 0 Å². The summed E-state index contributed by atoms with van der Waals surface area (Å²) in [4.78, 5) is 0. The first-order valence-electron chi connectivity index (χ1n) is 18.0. The predicted octanol–water partition coefficient (Wildman–Crippen LogP) is 10.4. The van der Waals surface area contributed by atoms with Gasteiger partial charge >= 0.3 is 0 Å². The molecule has 0 fully saturated rings. The van der Waals surface area contributed by atoms with Gasteiger partial charge in [-0.05, 0) is 104 Å². The van der Waals surface area contributed by atoms with Crippen molar-refractivity contribution in [3.63, 3.8) is 0 Å². The molecule has 0 saturated heterocycles. The second-order valence-corrected chi connectivity index (χ2v) is 15.3. The number of rotatable bonds is 8. The Labute approximate surface area is 290 Å². The number of aliphatic hydroxyl groups is 2. The lowest BCUT2D eigenvalue weighted by Gasteiger charge is -2.48. The molecule has 0 saturated carbocycles. The van der Waals surface area contributed by atoms with Crippen LogP contribution in [0.4, 0.5) is 0 Å². The van der Waals surface area contributed by atoms with Crippen LogP contribution in [0.15, 0.2) is 156 Å². The molecule has 49 heavy (non-hydrogen) atoms. The zero-order valence-corrected chi connectivity index (χ0v) is 28.3. The second-order valence-electron chi connectivity index (χ2n) is 15.3. The van der Waals surface area contributed by atoms with Crippen LogP contribution in [0.2, 0.25) is 0 Å². The molecule has 2 aromatic carbocycles. The van der Waals surface area contributed by atoms with E-state index in [-0.39, 0.29) is 11.3 Å². The molecule has 244 valence electrons. The Hall–Kier alpha value is -4.50. The topological polar surface area (TPSA) is 40.5 Å². The molecule has 6 unspecified atom stereocenters. The molecule has 7 aliphatic rings. The van der Waals surface area contributed by atoms with Crippen molar-refractivity contribution in [2.75, 3.05) is 0 Å². The van der Waals surface area contributed by atoms with Crippen LogP contribution in [-0.2, 0) is 11.2 Å². The van der Waals surface area contributed by atoms with E-state index in [2.05, 4.69) is 105 Å². The van der Waals surface area contributed by atoms with Gasteiger partial charge in [0.25, 0.3) is 0 Å². The third kappa shape index (κ3) is 4.33. The maximum atomic E-state index is 13.0. The van der Waals surface area contributed by atoms with Crippen molar-refractivity contribution in [2.45, 2.75) is 62.6 Å². The normalized spacial score (nSPS) is 29.0. The Balaban J connectivity index is 1.18. The molecule has 0 aliphatic heterocycles. The quantitative estimate of drug-likeness (QED) is 0.282. The summed E-state index contributed by atoms with van der Waals surface area (Å²) >= 11 is 0. The van der Waals surface area contributed by atoms with E-state index in [1.807, 2.05) is 36.4 Å². The summed E-state index contributed by atoms with van der Waals surface area (Å²) in [5, 5.41) is 26.0. The molecular weight excluding hydrogens is 597 g/mol. The van der Waals surface area contributed by atoms with Crippen molar-refractivity contribution < 1.29 is 10.2 Å². The fourth-order valence-corrected chi connectivity index (χ4v) is 10.2. The van der Waals surface area contributed by atoms with E-state index in [4.69, 9.17) is 0 Å². The minimum absolute atomic E-state index is 0.0681. The van der Waals surface area contributed by atoms with E-state index >= 15 is 0 Å². The smallest absolute Gasteiger partial charge is 0.119 e. The van der Waals surface area contributed by atoms with Crippen molar-refractivity contribution in [3.8, 4) is 0 Å². The fourth-order valence-electron chi connectivity index (χ4n) is 10.2. The Bertz CT molecular complexity index is 2120. The largest absolute Gasteiger partial charge is 0.380 e. The predicted molar refractivity (Wildman–Crippen MR) is 201 cm³/mol. The van der Waals surface area contributed by atoms with Crippen molar-refractivity contribution in [1.29, 1.82) is 0 Å². The fraction of sp³-hybridized carbons (Fsp3) is 0.277. The summed E-state index contributed by atoms with van der Waals surface area (Å²) in [7, 11) is 0. The summed E-state index contributed by atoms with van der Waals surface area (Å²) < 4.78 is 0. The molecule has 0 heterocycles. The lowest BCUT2D eigenvalue weighted by molar-refractivity contribution is 0.0744. The van der Waals surface area contributed by atoms with E-state index in [1.165, 1.54) is 39.0 Å². The highest BCUT2D eigenvalue weighted by Gasteiger charge is 2.47. The molecule has 2 heteroatoms. The van der Waals surface area contributed by atoms with E-state index < -0.39 is 11.2 Å². The van der Waals surface area contributed by atoms with Gasteiger partial charge in [-0.2, -0.15) is 0 Å². The van der Waals surface area contributed by atoms with E-state index in [0.29, 0.717) is 24.7 Å². The van der Waals surface area contributed by atoms with Gasteiger partial charge in [0, 0.05) is 30.1 Å². The van der Waals surface area contributed by atoms with Crippen LogP contribution in [-0.4, -0.2) is 10.2 Å². The van der Waals surface area contributed by atoms with Gasteiger partial charge in [0.05, 0.1) is 0 Å². The monoisotopic (exact) mass is 640 g/mol.